The van der Waals surface area contributed by atoms with E-state index in [4.69, 9.17) is 62.8 Å². The average molecular weight is 852 g/mol. The minimum atomic E-state index is -1.61. The Hall–Kier alpha value is -1.25. The van der Waals surface area contributed by atoms with Crippen LogP contribution in [0.2, 0.25) is 0 Å². The Balaban J connectivity index is 1.37. The van der Waals surface area contributed by atoms with Gasteiger partial charge < -0.3 is 98.8 Å². The van der Waals surface area contributed by atoms with Crippen LogP contribution in [0.3, 0.4) is 0 Å². The second-order valence-corrected chi connectivity index (χ2v) is 16.9. The Bertz CT molecular complexity index is 1200. The van der Waals surface area contributed by atoms with Gasteiger partial charge in [0.05, 0.1) is 18.2 Å². The average Bonchev–Trinajstić information content (AvgIpc) is 3.51. The molecule has 0 bridgehead atoms. The van der Waals surface area contributed by atoms with E-state index in [-0.39, 0.29) is 38.4 Å². The first-order chi connectivity index (χ1) is 28.2. The van der Waals surface area contributed by atoms with Crippen LogP contribution in [0.1, 0.15) is 103 Å². The van der Waals surface area contributed by atoms with Crippen LogP contribution in [-0.2, 0) is 33.2 Å². The van der Waals surface area contributed by atoms with E-state index < -0.39 is 116 Å². The predicted octanol–water partition coefficient (Wildman–Crippen LogP) is -3.29. The molecule has 1 saturated carbocycles. The molecule has 1 aliphatic carbocycles. The number of carbonyl (C=O) groups excluding carboxylic acids is 1. The van der Waals surface area contributed by atoms with Crippen molar-refractivity contribution in [2.75, 3.05) is 19.6 Å². The van der Waals surface area contributed by atoms with Crippen LogP contribution in [0.4, 0.5) is 0 Å². The Kier molecular flexibility index (Phi) is 21.5. The minimum Gasteiger partial charge on any atom is -0.389 e. The second-order valence-electron chi connectivity index (χ2n) is 16.9. The van der Waals surface area contributed by atoms with Gasteiger partial charge in [0.2, 0.25) is 5.91 Å². The fourth-order valence-electron chi connectivity index (χ4n) is 8.37. The van der Waals surface area contributed by atoms with E-state index in [0.29, 0.717) is 6.42 Å². The number of ether oxygens (including phenoxy) is 6. The number of hydrogen-bond donors (Lipinski definition) is 13. The Labute approximate surface area is 348 Å². The quantitative estimate of drug-likeness (QED) is 0.0423. The number of nitrogens with one attached hydrogen (secondary N) is 1. The molecule has 4 aliphatic rings. The van der Waals surface area contributed by atoms with Gasteiger partial charge >= 0.3 is 0 Å². The smallest absolute Gasteiger partial charge is 0.220 e. The van der Waals surface area contributed by atoms with E-state index in [0.717, 1.165) is 19.3 Å². The molecule has 3 saturated heterocycles. The fourth-order valence-corrected chi connectivity index (χ4v) is 8.37. The predicted molar refractivity (Wildman–Crippen MR) is 215 cm³/mol. The van der Waals surface area contributed by atoms with Gasteiger partial charge in [0.1, 0.15) is 67.1 Å². The molecule has 3 heterocycles. The number of aliphatic hydroxyl groups is 6. The van der Waals surface area contributed by atoms with Crippen LogP contribution in [0.5, 0.6) is 0 Å². The standard InChI is InChI=1S/C39H77N7O13/c1-2-3-4-5-6-7-8-9-10-11-12-13-14-15-25(47)46-19-24-35(58-38-27(45)32(52)30(50)23(18-41)55-38)33(53)39(56-24)59-36-28(48)20(42)16-21(43)34(36)57-37-26(44)31(51)29(49)22(17-40)54-37/h20-24,26-39,48-53H,2-19,40-45H2,1H3,(H,46,47)/t20-,21+,22-,23-,24-,26-,27-,28+,29-,30-,31-,32-,33-,34-,35-,36-,37-,38-,39+/m1/s1. The van der Waals surface area contributed by atoms with Crippen LogP contribution in [-0.4, -0.2) is 172 Å². The highest BCUT2D eigenvalue weighted by Crippen LogP contribution is 2.34. The molecule has 0 aromatic carbocycles. The van der Waals surface area contributed by atoms with Crippen LogP contribution in [0.25, 0.3) is 0 Å². The van der Waals surface area contributed by atoms with Gasteiger partial charge in [0, 0.05) is 38.1 Å². The topological polar surface area (TPSA) is 362 Å². The summed E-state index contributed by atoms with van der Waals surface area (Å²) in [4.78, 5) is 13.0. The highest BCUT2D eigenvalue weighted by molar-refractivity contribution is 5.75. The van der Waals surface area contributed by atoms with Gasteiger partial charge in [-0.2, -0.15) is 0 Å². The van der Waals surface area contributed by atoms with Crippen molar-refractivity contribution in [1.29, 1.82) is 0 Å². The molecule has 20 nitrogen and oxygen atoms in total. The van der Waals surface area contributed by atoms with E-state index in [9.17, 15) is 35.4 Å². The Morgan fingerprint density at radius 2 is 0.983 bits per heavy atom. The third kappa shape index (κ3) is 13.9. The minimum absolute atomic E-state index is 0.0836. The van der Waals surface area contributed by atoms with Crippen molar-refractivity contribution in [3.05, 3.63) is 0 Å². The van der Waals surface area contributed by atoms with Crippen molar-refractivity contribution < 1.29 is 63.9 Å². The number of nitrogens with two attached hydrogens (primary N) is 6. The molecular weight excluding hydrogens is 774 g/mol. The molecule has 19 atom stereocenters. The van der Waals surface area contributed by atoms with Crippen molar-refractivity contribution in [3.63, 3.8) is 0 Å². The van der Waals surface area contributed by atoms with Crippen molar-refractivity contribution in [2.45, 2.75) is 220 Å². The summed E-state index contributed by atoms with van der Waals surface area (Å²) in [6.45, 7) is 1.76. The number of carbonyl (C=O) groups is 1. The number of unbranched alkanes of at least 4 members (excludes halogenated alkanes) is 12. The molecule has 20 heteroatoms. The van der Waals surface area contributed by atoms with Gasteiger partial charge in [0.25, 0.3) is 0 Å². The molecule has 3 aliphatic heterocycles. The highest BCUT2D eigenvalue weighted by Gasteiger charge is 2.54. The van der Waals surface area contributed by atoms with Crippen LogP contribution in [0, 0.1) is 0 Å². The highest BCUT2D eigenvalue weighted by atomic mass is 16.8. The van der Waals surface area contributed by atoms with Gasteiger partial charge in [-0.15, -0.1) is 0 Å². The molecule has 59 heavy (non-hydrogen) atoms. The van der Waals surface area contributed by atoms with Gasteiger partial charge in [-0.1, -0.05) is 84.0 Å². The summed E-state index contributed by atoms with van der Waals surface area (Å²) in [6.07, 6.45) is -4.21. The van der Waals surface area contributed by atoms with E-state index in [1.807, 2.05) is 0 Å². The van der Waals surface area contributed by atoms with E-state index in [2.05, 4.69) is 12.2 Å². The summed E-state index contributed by atoms with van der Waals surface area (Å²) in [5.41, 5.74) is 36.5. The molecule has 4 rings (SSSR count). The molecule has 0 aromatic rings. The van der Waals surface area contributed by atoms with Crippen LogP contribution < -0.4 is 39.7 Å². The van der Waals surface area contributed by atoms with E-state index in [1.165, 1.54) is 57.8 Å². The van der Waals surface area contributed by atoms with E-state index >= 15 is 0 Å². The zero-order valence-corrected chi connectivity index (χ0v) is 34.7. The van der Waals surface area contributed by atoms with Gasteiger partial charge in [-0.25, -0.2) is 0 Å². The summed E-state index contributed by atoms with van der Waals surface area (Å²) >= 11 is 0. The molecule has 4 fully saturated rings. The van der Waals surface area contributed by atoms with Crippen LogP contribution in [0.15, 0.2) is 0 Å². The molecule has 0 radical (unpaired) electrons. The zero-order chi connectivity index (χ0) is 43.2. The molecular formula is C39H77N7O13. The lowest BCUT2D eigenvalue weighted by molar-refractivity contribution is -0.306. The molecule has 1 amide bonds. The number of amides is 1. The Morgan fingerprint density at radius 1 is 0.542 bits per heavy atom. The Morgan fingerprint density at radius 3 is 1.47 bits per heavy atom. The largest absolute Gasteiger partial charge is 0.389 e. The third-order valence-corrected chi connectivity index (χ3v) is 12.2. The molecule has 346 valence electrons. The molecule has 0 aromatic heterocycles. The van der Waals surface area contributed by atoms with Crippen molar-refractivity contribution in [1.82, 2.24) is 5.32 Å². The summed E-state index contributed by atoms with van der Waals surface area (Å²) in [5, 5.41) is 67.8. The summed E-state index contributed by atoms with van der Waals surface area (Å²) in [6, 6.07) is -4.25. The lowest BCUT2D eigenvalue weighted by Crippen LogP contribution is -2.68. The molecule has 0 unspecified atom stereocenters. The summed E-state index contributed by atoms with van der Waals surface area (Å²) in [5.74, 6) is -0.235. The summed E-state index contributed by atoms with van der Waals surface area (Å²) in [7, 11) is 0. The first kappa shape index (κ1) is 50.4. The SMILES string of the molecule is CCCCCCCCCCCCCCCC(=O)NC[C@H]1O[C@@H](O[C@@H]2[C@@H](O)[C@H](N)C[C@H](N)[C@H]2O[C@H]2O[C@H](CN)[C@@H](O)[C@H](O)[C@H]2N)[C@H](O)[C@@H]1O[C@H]1O[C@H](CN)[C@@H](O)[C@H](O)[C@H]1N. The fraction of sp³-hybridized carbons (Fsp3) is 0.974. The number of rotatable bonds is 24. The van der Waals surface area contributed by atoms with Gasteiger partial charge in [0.15, 0.2) is 18.9 Å². The molecule has 0 spiro atoms. The monoisotopic (exact) mass is 852 g/mol. The normalized spacial score (nSPS) is 41.6. The first-order valence-corrected chi connectivity index (χ1v) is 21.9. The van der Waals surface area contributed by atoms with Crippen molar-refractivity contribution in [3.8, 4) is 0 Å². The second kappa shape index (κ2) is 25.1. The first-order valence-electron chi connectivity index (χ1n) is 21.9. The molecule has 19 N–H and O–H groups in total. The lowest BCUT2D eigenvalue weighted by atomic mass is 9.84. The zero-order valence-electron chi connectivity index (χ0n) is 34.7. The summed E-state index contributed by atoms with van der Waals surface area (Å²) < 4.78 is 36.2. The third-order valence-electron chi connectivity index (χ3n) is 12.2. The maximum atomic E-state index is 13.0. The van der Waals surface area contributed by atoms with Gasteiger partial charge in [-0.05, 0) is 12.8 Å². The van der Waals surface area contributed by atoms with Crippen molar-refractivity contribution in [2.24, 2.45) is 34.4 Å². The number of hydrogen-bond acceptors (Lipinski definition) is 19. The lowest BCUT2D eigenvalue weighted by Gasteiger charge is -2.47. The van der Waals surface area contributed by atoms with Crippen LogP contribution >= 0.6 is 0 Å². The number of aliphatic hydroxyl groups excluding tert-OH is 6. The maximum absolute atomic E-state index is 13.0. The van der Waals surface area contributed by atoms with Gasteiger partial charge in [-0.3, -0.25) is 4.79 Å². The maximum Gasteiger partial charge on any atom is 0.220 e. The van der Waals surface area contributed by atoms with E-state index in [1.54, 1.807) is 0 Å². The van der Waals surface area contributed by atoms with Crippen molar-refractivity contribution >= 4 is 5.91 Å².